The Morgan fingerprint density at radius 1 is 1.18 bits per heavy atom. The Kier molecular flexibility index (Phi) is 3.59. The number of carbonyl (C=O) groups is 1. The third kappa shape index (κ3) is 2.55. The number of carboxylic acids is 1. The summed E-state index contributed by atoms with van der Waals surface area (Å²) in [5, 5.41) is 9.92. The van der Waals surface area contributed by atoms with E-state index in [9.17, 15) is 9.90 Å². The van der Waals surface area contributed by atoms with Crippen LogP contribution < -0.4 is 4.74 Å². The van der Waals surface area contributed by atoms with Gasteiger partial charge in [0.15, 0.2) is 0 Å². The van der Waals surface area contributed by atoms with Crippen LogP contribution in [0.15, 0.2) is 46.9 Å². The SMILES string of the molecule is Cc1oc2c(C)cc(OCc3ccccc3)cc2c1C(=O)O. The molecule has 0 atom stereocenters. The van der Waals surface area contributed by atoms with E-state index in [1.165, 1.54) is 0 Å². The Labute approximate surface area is 127 Å². The molecule has 0 radical (unpaired) electrons. The second-order valence-electron chi connectivity index (χ2n) is 5.23. The molecule has 3 rings (SSSR count). The van der Waals surface area contributed by atoms with Gasteiger partial charge >= 0.3 is 5.97 Å². The summed E-state index contributed by atoms with van der Waals surface area (Å²) < 4.78 is 11.4. The molecule has 1 heterocycles. The summed E-state index contributed by atoms with van der Waals surface area (Å²) in [6, 6.07) is 13.4. The molecule has 0 spiro atoms. The summed E-state index contributed by atoms with van der Waals surface area (Å²) in [6.07, 6.45) is 0. The van der Waals surface area contributed by atoms with E-state index in [1.54, 1.807) is 13.0 Å². The second-order valence-corrected chi connectivity index (χ2v) is 5.23. The molecule has 0 unspecified atom stereocenters. The number of rotatable bonds is 4. The van der Waals surface area contributed by atoms with Crippen molar-refractivity contribution in [3.05, 3.63) is 64.9 Å². The number of furan rings is 1. The fraction of sp³-hybridized carbons (Fsp3) is 0.167. The fourth-order valence-corrected chi connectivity index (χ4v) is 2.55. The lowest BCUT2D eigenvalue weighted by Gasteiger charge is -2.07. The first-order valence-corrected chi connectivity index (χ1v) is 7.00. The van der Waals surface area contributed by atoms with Crippen molar-refractivity contribution in [1.82, 2.24) is 0 Å². The lowest BCUT2D eigenvalue weighted by Crippen LogP contribution is -1.98. The van der Waals surface area contributed by atoms with Gasteiger partial charge in [0.1, 0.15) is 29.3 Å². The zero-order chi connectivity index (χ0) is 15.7. The summed E-state index contributed by atoms with van der Waals surface area (Å²) in [7, 11) is 0. The summed E-state index contributed by atoms with van der Waals surface area (Å²) in [5.41, 5.74) is 2.71. The Balaban J connectivity index is 1.97. The molecule has 22 heavy (non-hydrogen) atoms. The highest BCUT2D eigenvalue weighted by Crippen LogP contribution is 2.32. The van der Waals surface area contributed by atoms with Crippen molar-refractivity contribution < 1.29 is 19.1 Å². The van der Waals surface area contributed by atoms with Crippen LogP contribution >= 0.6 is 0 Å². The Morgan fingerprint density at radius 2 is 1.91 bits per heavy atom. The van der Waals surface area contributed by atoms with Crippen molar-refractivity contribution >= 4 is 16.9 Å². The Bertz CT molecular complexity index is 831. The van der Waals surface area contributed by atoms with Crippen LogP contribution in [-0.4, -0.2) is 11.1 Å². The predicted octanol–water partition coefficient (Wildman–Crippen LogP) is 4.33. The van der Waals surface area contributed by atoms with Crippen molar-refractivity contribution in [2.75, 3.05) is 0 Å². The van der Waals surface area contributed by atoms with Gasteiger partial charge in [-0.15, -0.1) is 0 Å². The van der Waals surface area contributed by atoms with Gasteiger partial charge in [0.25, 0.3) is 0 Å². The first kappa shape index (κ1) is 14.2. The minimum absolute atomic E-state index is 0.197. The number of aromatic carboxylic acids is 1. The highest BCUT2D eigenvalue weighted by Gasteiger charge is 2.19. The zero-order valence-electron chi connectivity index (χ0n) is 12.4. The molecule has 4 nitrogen and oxygen atoms in total. The van der Waals surface area contributed by atoms with Gasteiger partial charge in [-0.2, -0.15) is 0 Å². The summed E-state index contributed by atoms with van der Waals surface area (Å²) >= 11 is 0. The van der Waals surface area contributed by atoms with Crippen LogP contribution in [0.1, 0.15) is 27.2 Å². The molecule has 3 aromatic rings. The molecule has 0 aliphatic heterocycles. The first-order valence-electron chi connectivity index (χ1n) is 7.00. The number of ether oxygens (including phenoxy) is 1. The van der Waals surface area contributed by atoms with Crippen LogP contribution in [0, 0.1) is 13.8 Å². The second kappa shape index (κ2) is 5.56. The first-order chi connectivity index (χ1) is 10.6. The number of carboxylic acid groups (broad SMARTS) is 1. The van der Waals surface area contributed by atoms with Gasteiger partial charge in [0, 0.05) is 5.39 Å². The molecule has 112 valence electrons. The molecule has 1 aromatic heterocycles. The van der Waals surface area contributed by atoms with E-state index in [4.69, 9.17) is 9.15 Å². The third-order valence-corrected chi connectivity index (χ3v) is 3.59. The van der Waals surface area contributed by atoms with Gasteiger partial charge in [-0.3, -0.25) is 0 Å². The van der Waals surface area contributed by atoms with Crippen molar-refractivity contribution in [1.29, 1.82) is 0 Å². The summed E-state index contributed by atoms with van der Waals surface area (Å²) in [4.78, 5) is 11.4. The van der Waals surface area contributed by atoms with Gasteiger partial charge in [-0.1, -0.05) is 30.3 Å². The molecule has 0 bridgehead atoms. The molecule has 0 fully saturated rings. The lowest BCUT2D eigenvalue weighted by atomic mass is 10.1. The molecule has 0 aliphatic carbocycles. The molecule has 0 saturated carbocycles. The summed E-state index contributed by atoms with van der Waals surface area (Å²) in [6.45, 7) is 3.98. The fourth-order valence-electron chi connectivity index (χ4n) is 2.55. The largest absolute Gasteiger partial charge is 0.489 e. The number of aryl methyl sites for hydroxylation is 2. The van der Waals surface area contributed by atoms with Gasteiger partial charge in [0.2, 0.25) is 0 Å². The zero-order valence-corrected chi connectivity index (χ0v) is 12.4. The van der Waals surface area contributed by atoms with E-state index in [-0.39, 0.29) is 5.56 Å². The topological polar surface area (TPSA) is 59.7 Å². The minimum atomic E-state index is -0.990. The maximum absolute atomic E-state index is 11.4. The molecule has 0 aliphatic rings. The molecule has 2 aromatic carbocycles. The number of hydrogen-bond acceptors (Lipinski definition) is 3. The standard InChI is InChI=1S/C18H16O4/c1-11-8-14(21-10-13-6-4-3-5-7-13)9-15-16(18(19)20)12(2)22-17(11)15/h3-9H,10H2,1-2H3,(H,19,20). The van der Waals surface area contributed by atoms with E-state index in [1.807, 2.05) is 43.3 Å². The quantitative estimate of drug-likeness (QED) is 0.778. The van der Waals surface area contributed by atoms with E-state index >= 15 is 0 Å². The monoisotopic (exact) mass is 296 g/mol. The van der Waals surface area contributed by atoms with E-state index in [0.717, 1.165) is 11.1 Å². The predicted molar refractivity (Wildman–Crippen MR) is 83.4 cm³/mol. The van der Waals surface area contributed by atoms with E-state index in [0.29, 0.717) is 29.1 Å². The molecular formula is C18H16O4. The molecular weight excluding hydrogens is 280 g/mol. The Morgan fingerprint density at radius 3 is 2.59 bits per heavy atom. The van der Waals surface area contributed by atoms with Crippen LogP contribution in [-0.2, 0) is 6.61 Å². The van der Waals surface area contributed by atoms with Crippen LogP contribution in [0.3, 0.4) is 0 Å². The number of hydrogen-bond donors (Lipinski definition) is 1. The van der Waals surface area contributed by atoms with E-state index < -0.39 is 5.97 Å². The highest BCUT2D eigenvalue weighted by molar-refractivity contribution is 6.04. The van der Waals surface area contributed by atoms with Gasteiger partial charge in [-0.25, -0.2) is 4.79 Å². The normalized spacial score (nSPS) is 10.8. The molecule has 0 amide bonds. The maximum Gasteiger partial charge on any atom is 0.339 e. The van der Waals surface area contributed by atoms with Crippen LogP contribution in [0.2, 0.25) is 0 Å². The Hall–Kier alpha value is -2.75. The molecule has 0 saturated heterocycles. The third-order valence-electron chi connectivity index (χ3n) is 3.59. The van der Waals surface area contributed by atoms with Crippen molar-refractivity contribution in [2.24, 2.45) is 0 Å². The van der Waals surface area contributed by atoms with Gasteiger partial charge in [0.05, 0.1) is 0 Å². The van der Waals surface area contributed by atoms with Crippen molar-refractivity contribution in [2.45, 2.75) is 20.5 Å². The van der Waals surface area contributed by atoms with Gasteiger partial charge in [-0.05, 0) is 37.1 Å². The maximum atomic E-state index is 11.4. The average molecular weight is 296 g/mol. The minimum Gasteiger partial charge on any atom is -0.489 e. The van der Waals surface area contributed by atoms with Crippen molar-refractivity contribution in [3.63, 3.8) is 0 Å². The van der Waals surface area contributed by atoms with E-state index in [2.05, 4.69) is 0 Å². The highest BCUT2D eigenvalue weighted by atomic mass is 16.5. The van der Waals surface area contributed by atoms with Gasteiger partial charge < -0.3 is 14.3 Å². The molecule has 1 N–H and O–H groups in total. The smallest absolute Gasteiger partial charge is 0.339 e. The average Bonchev–Trinajstić information content (AvgIpc) is 2.83. The number of fused-ring (bicyclic) bond motifs is 1. The summed E-state index contributed by atoms with van der Waals surface area (Å²) in [5.74, 6) is 0.0545. The van der Waals surface area contributed by atoms with Crippen LogP contribution in [0.5, 0.6) is 5.75 Å². The lowest BCUT2D eigenvalue weighted by molar-refractivity contribution is 0.0697. The van der Waals surface area contributed by atoms with Crippen molar-refractivity contribution in [3.8, 4) is 5.75 Å². The van der Waals surface area contributed by atoms with Crippen LogP contribution in [0.25, 0.3) is 11.0 Å². The number of benzene rings is 2. The van der Waals surface area contributed by atoms with Crippen LogP contribution in [0.4, 0.5) is 0 Å². The molecule has 4 heteroatoms.